The van der Waals surface area contributed by atoms with E-state index in [1.165, 1.54) is 18.2 Å². The lowest BCUT2D eigenvalue weighted by Crippen LogP contribution is -2.06. The van der Waals surface area contributed by atoms with Gasteiger partial charge in [-0.2, -0.15) is 0 Å². The molecule has 1 aliphatic rings. The first-order valence-electron chi connectivity index (χ1n) is 9.51. The van der Waals surface area contributed by atoms with E-state index in [4.69, 9.17) is 18.6 Å². The maximum atomic E-state index is 12.2. The van der Waals surface area contributed by atoms with Gasteiger partial charge in [0.15, 0.2) is 11.5 Å². The zero-order valence-electron chi connectivity index (χ0n) is 16.3. The van der Waals surface area contributed by atoms with Crippen molar-refractivity contribution in [3.63, 3.8) is 0 Å². The molecule has 1 aliphatic heterocycles. The van der Waals surface area contributed by atoms with E-state index in [9.17, 15) is 14.7 Å². The van der Waals surface area contributed by atoms with Crippen LogP contribution in [-0.4, -0.2) is 24.3 Å². The van der Waals surface area contributed by atoms with Crippen molar-refractivity contribution in [1.29, 1.82) is 0 Å². The molecule has 0 fully saturated rings. The quantitative estimate of drug-likeness (QED) is 0.399. The lowest BCUT2D eigenvalue weighted by molar-refractivity contribution is -0.138. The summed E-state index contributed by atoms with van der Waals surface area (Å²) in [4.78, 5) is 24.0. The van der Waals surface area contributed by atoms with Gasteiger partial charge in [-0.25, -0.2) is 9.59 Å². The molecule has 4 rings (SSSR count). The number of phenolic OH excluding ortho intramolecular Hbond substituents is 1. The average molecular weight is 408 g/mol. The van der Waals surface area contributed by atoms with Gasteiger partial charge in [0.2, 0.25) is 0 Å². The molecule has 0 saturated heterocycles. The van der Waals surface area contributed by atoms with Gasteiger partial charge in [0.25, 0.3) is 0 Å². The summed E-state index contributed by atoms with van der Waals surface area (Å²) in [6, 6.07) is 9.83. The van der Waals surface area contributed by atoms with E-state index in [0.29, 0.717) is 41.2 Å². The lowest BCUT2D eigenvalue weighted by Gasteiger charge is -2.08. The Hall–Kier alpha value is -3.74. The molecule has 2 aromatic carbocycles. The fourth-order valence-corrected chi connectivity index (χ4v) is 3.18. The minimum Gasteiger partial charge on any atom is -0.508 e. The van der Waals surface area contributed by atoms with Gasteiger partial charge in [-0.05, 0) is 42.8 Å². The summed E-state index contributed by atoms with van der Waals surface area (Å²) >= 11 is 0. The summed E-state index contributed by atoms with van der Waals surface area (Å²) < 4.78 is 21.7. The Kier molecular flexibility index (Phi) is 5.43. The summed E-state index contributed by atoms with van der Waals surface area (Å²) in [6.07, 6.45) is 3.75. The molecule has 1 N–H and O–H groups in total. The van der Waals surface area contributed by atoms with E-state index < -0.39 is 11.6 Å². The molecule has 3 aromatic rings. The summed E-state index contributed by atoms with van der Waals surface area (Å²) in [5.74, 6) is 0.796. The van der Waals surface area contributed by atoms with Crippen molar-refractivity contribution in [3.05, 3.63) is 69.6 Å². The molecule has 7 heteroatoms. The number of phenols is 1. The van der Waals surface area contributed by atoms with Gasteiger partial charge >= 0.3 is 11.6 Å². The number of hydrogen-bond acceptors (Lipinski definition) is 7. The molecule has 1 aromatic heterocycles. The van der Waals surface area contributed by atoms with Crippen LogP contribution in [-0.2, 0) is 16.1 Å². The van der Waals surface area contributed by atoms with Crippen LogP contribution in [0.3, 0.4) is 0 Å². The van der Waals surface area contributed by atoms with Crippen molar-refractivity contribution in [2.45, 2.75) is 20.0 Å². The van der Waals surface area contributed by atoms with Crippen molar-refractivity contribution in [3.8, 4) is 17.2 Å². The van der Waals surface area contributed by atoms with Crippen molar-refractivity contribution in [1.82, 2.24) is 0 Å². The molecule has 0 radical (unpaired) electrons. The average Bonchev–Trinajstić information content (AvgIpc) is 2.98. The molecular formula is C23H20O7. The minimum atomic E-state index is -0.579. The third-order valence-corrected chi connectivity index (χ3v) is 4.77. The van der Waals surface area contributed by atoms with Crippen molar-refractivity contribution in [2.24, 2.45) is 0 Å². The first kappa shape index (κ1) is 19.6. The van der Waals surface area contributed by atoms with E-state index in [1.54, 1.807) is 31.2 Å². The monoisotopic (exact) mass is 408 g/mol. The summed E-state index contributed by atoms with van der Waals surface area (Å²) in [6.45, 7) is 2.74. The highest BCUT2D eigenvalue weighted by atomic mass is 16.5. The minimum absolute atomic E-state index is 0.0258. The third-order valence-electron chi connectivity index (χ3n) is 4.77. The number of aryl methyl sites for hydroxylation is 1. The normalized spacial score (nSPS) is 13.4. The number of benzene rings is 2. The number of fused-ring (bicyclic) bond motifs is 2. The van der Waals surface area contributed by atoms with E-state index >= 15 is 0 Å². The number of rotatable bonds is 4. The van der Waals surface area contributed by atoms with Gasteiger partial charge in [0.05, 0.1) is 13.2 Å². The zero-order valence-corrected chi connectivity index (χ0v) is 16.3. The molecule has 2 heterocycles. The smallest absolute Gasteiger partial charge is 0.336 e. The van der Waals surface area contributed by atoms with Crippen LogP contribution in [0.5, 0.6) is 17.2 Å². The van der Waals surface area contributed by atoms with Crippen molar-refractivity contribution >= 4 is 23.0 Å². The molecule has 0 bridgehead atoms. The fourth-order valence-electron chi connectivity index (χ4n) is 3.18. The first-order chi connectivity index (χ1) is 14.5. The maximum Gasteiger partial charge on any atom is 0.336 e. The lowest BCUT2D eigenvalue weighted by atomic mass is 10.1. The Bertz CT molecular complexity index is 1190. The summed E-state index contributed by atoms with van der Waals surface area (Å²) in [7, 11) is 0. The molecule has 154 valence electrons. The van der Waals surface area contributed by atoms with E-state index in [-0.39, 0.29) is 17.9 Å². The molecule has 0 amide bonds. The number of carbonyl (C=O) groups is 1. The molecule has 7 nitrogen and oxygen atoms in total. The van der Waals surface area contributed by atoms with Gasteiger partial charge < -0.3 is 23.7 Å². The number of aromatic hydroxyl groups is 1. The zero-order chi connectivity index (χ0) is 21.1. The standard InChI is InChI=1S/C23H20O7/c1-14-18(24)6-5-17-16(12-22(26)30-23(14)17)13-29-21(25)8-4-15-3-7-19-20(11-15)28-10-2-9-27-19/h3-8,11-12,24H,2,9-10,13H2,1H3/b8-4+. The predicted octanol–water partition coefficient (Wildman–Crippen LogP) is 3.72. The molecule has 0 atom stereocenters. The number of esters is 1. The molecule has 30 heavy (non-hydrogen) atoms. The predicted molar refractivity (Wildman–Crippen MR) is 110 cm³/mol. The van der Waals surface area contributed by atoms with E-state index in [0.717, 1.165) is 12.0 Å². The highest BCUT2D eigenvalue weighted by Crippen LogP contribution is 2.31. The second-order valence-corrected chi connectivity index (χ2v) is 6.87. The molecule has 0 aliphatic carbocycles. The topological polar surface area (TPSA) is 95.2 Å². The highest BCUT2D eigenvalue weighted by Gasteiger charge is 2.12. The van der Waals surface area contributed by atoms with E-state index in [2.05, 4.69) is 0 Å². The van der Waals surface area contributed by atoms with Gasteiger partial charge in [-0.1, -0.05) is 6.07 Å². The maximum absolute atomic E-state index is 12.2. The Labute approximate surface area is 172 Å². The van der Waals surface area contributed by atoms with Crippen LogP contribution < -0.4 is 15.1 Å². The largest absolute Gasteiger partial charge is 0.508 e. The Morgan fingerprint density at radius 3 is 2.77 bits per heavy atom. The fraction of sp³-hybridized carbons (Fsp3) is 0.217. The van der Waals surface area contributed by atoms with Crippen molar-refractivity contribution < 1.29 is 28.5 Å². The van der Waals surface area contributed by atoms with Crippen LogP contribution in [0.25, 0.3) is 17.0 Å². The van der Waals surface area contributed by atoms with Gasteiger partial charge in [0, 0.05) is 35.1 Å². The van der Waals surface area contributed by atoms with E-state index in [1.807, 2.05) is 6.07 Å². The van der Waals surface area contributed by atoms with Crippen LogP contribution in [0.4, 0.5) is 0 Å². The summed E-state index contributed by atoms with van der Waals surface area (Å²) in [5, 5.41) is 10.4. The van der Waals surface area contributed by atoms with Crippen LogP contribution >= 0.6 is 0 Å². The molecule has 0 unspecified atom stereocenters. The second kappa shape index (κ2) is 8.32. The third kappa shape index (κ3) is 4.15. The molecular weight excluding hydrogens is 388 g/mol. The number of carbonyl (C=O) groups excluding carboxylic acids is 1. The van der Waals surface area contributed by atoms with Crippen LogP contribution in [0.15, 0.2) is 51.7 Å². The Morgan fingerprint density at radius 1 is 1.13 bits per heavy atom. The van der Waals surface area contributed by atoms with Gasteiger partial charge in [0.1, 0.15) is 17.9 Å². The van der Waals surface area contributed by atoms with Crippen molar-refractivity contribution in [2.75, 3.05) is 13.2 Å². The van der Waals surface area contributed by atoms with Crippen LogP contribution in [0, 0.1) is 6.92 Å². The Balaban J connectivity index is 1.47. The van der Waals surface area contributed by atoms with Gasteiger partial charge in [-0.3, -0.25) is 0 Å². The number of ether oxygens (including phenoxy) is 3. The molecule has 0 saturated carbocycles. The summed E-state index contributed by atoms with van der Waals surface area (Å²) in [5.41, 5.74) is 1.42. The van der Waals surface area contributed by atoms with Gasteiger partial charge in [-0.15, -0.1) is 0 Å². The SMILES string of the molecule is Cc1c(O)ccc2c(COC(=O)/C=C/c3ccc4c(c3)OCCCO4)cc(=O)oc12. The van der Waals surface area contributed by atoms with Crippen LogP contribution in [0.2, 0.25) is 0 Å². The second-order valence-electron chi connectivity index (χ2n) is 6.87. The Morgan fingerprint density at radius 2 is 1.93 bits per heavy atom. The molecule has 0 spiro atoms. The number of hydrogen-bond donors (Lipinski definition) is 1. The first-order valence-corrected chi connectivity index (χ1v) is 9.51. The highest BCUT2D eigenvalue weighted by molar-refractivity contribution is 5.88. The van der Waals surface area contributed by atoms with Crippen LogP contribution in [0.1, 0.15) is 23.1 Å².